The molecule has 1 unspecified atom stereocenters. The standard InChI is InChI=1S/C29H31N3O5S2/c1-2-20(29(35)36)18-9-13-32(14-10-18)25(33)8-5-12-30-27(34)26-21(11-15-38-26)28-31-22(17-39-28)24-16-19-6-3-4-7-23(19)37-24/h3-4,6-7,11,15-18,20H,2,5,8-10,12-14H2,1H3,(H,30,34)(H,35,36). The minimum absolute atomic E-state index is 0.0591. The van der Waals surface area contributed by atoms with Crippen LogP contribution in [0, 0.1) is 11.8 Å². The maximum atomic E-state index is 12.9. The molecule has 4 heterocycles. The van der Waals surface area contributed by atoms with Gasteiger partial charge in [-0.25, -0.2) is 4.98 Å². The Hall–Kier alpha value is -3.50. The quantitative estimate of drug-likeness (QED) is 0.223. The fraction of sp³-hybridized carbons (Fsp3) is 0.379. The number of aromatic nitrogens is 1. The van der Waals surface area contributed by atoms with Crippen LogP contribution in [-0.4, -0.2) is 52.4 Å². The van der Waals surface area contributed by atoms with Gasteiger partial charge in [-0.1, -0.05) is 25.1 Å². The Balaban J connectivity index is 1.11. The fourth-order valence-electron chi connectivity index (χ4n) is 5.21. The van der Waals surface area contributed by atoms with Crippen molar-refractivity contribution in [3.63, 3.8) is 0 Å². The molecule has 1 aromatic carbocycles. The van der Waals surface area contributed by atoms with Gasteiger partial charge < -0.3 is 19.7 Å². The van der Waals surface area contributed by atoms with Gasteiger partial charge in [0.05, 0.1) is 5.92 Å². The molecular weight excluding hydrogens is 534 g/mol. The highest BCUT2D eigenvalue weighted by molar-refractivity contribution is 7.15. The number of thiophene rings is 1. The van der Waals surface area contributed by atoms with E-state index in [1.54, 1.807) is 0 Å². The molecule has 204 valence electrons. The number of para-hydroxylation sites is 1. The third-order valence-corrected chi connectivity index (χ3v) is 9.14. The minimum atomic E-state index is -0.742. The van der Waals surface area contributed by atoms with E-state index in [4.69, 9.17) is 9.40 Å². The number of fused-ring (bicyclic) bond motifs is 1. The monoisotopic (exact) mass is 565 g/mol. The Labute approximate surface area is 234 Å². The van der Waals surface area contributed by atoms with Crippen molar-refractivity contribution in [1.82, 2.24) is 15.2 Å². The average Bonchev–Trinajstić information content (AvgIpc) is 3.70. The van der Waals surface area contributed by atoms with Crippen molar-refractivity contribution in [2.24, 2.45) is 11.8 Å². The smallest absolute Gasteiger partial charge is 0.306 e. The Kier molecular flexibility index (Phi) is 8.42. The highest BCUT2D eigenvalue weighted by atomic mass is 32.1. The van der Waals surface area contributed by atoms with Crippen LogP contribution in [0.1, 0.15) is 48.7 Å². The number of hydrogen-bond donors (Lipinski definition) is 2. The summed E-state index contributed by atoms with van der Waals surface area (Å²) in [4.78, 5) is 44.2. The number of carboxylic acids is 1. The summed E-state index contributed by atoms with van der Waals surface area (Å²) in [6.45, 7) is 3.50. The van der Waals surface area contributed by atoms with E-state index >= 15 is 0 Å². The molecule has 8 nitrogen and oxygen atoms in total. The maximum absolute atomic E-state index is 12.9. The summed E-state index contributed by atoms with van der Waals surface area (Å²) in [7, 11) is 0. The third-order valence-electron chi connectivity index (χ3n) is 7.36. The Morgan fingerprint density at radius 2 is 1.97 bits per heavy atom. The Bertz CT molecular complexity index is 1430. The molecule has 0 bridgehead atoms. The van der Waals surface area contributed by atoms with Gasteiger partial charge in [-0.2, -0.15) is 0 Å². The number of carboxylic acid groups (broad SMARTS) is 1. The Morgan fingerprint density at radius 3 is 2.72 bits per heavy atom. The number of carbonyl (C=O) groups excluding carboxylic acids is 2. The SMILES string of the molecule is CCC(C(=O)O)C1CCN(C(=O)CCCNC(=O)c2sccc2-c2nc(-c3cc4ccccc4o3)cs2)CC1. The van der Waals surface area contributed by atoms with Crippen LogP contribution in [-0.2, 0) is 9.59 Å². The third kappa shape index (κ3) is 6.07. The lowest BCUT2D eigenvalue weighted by atomic mass is 9.82. The van der Waals surface area contributed by atoms with Crippen LogP contribution in [0.3, 0.4) is 0 Å². The molecule has 0 saturated carbocycles. The number of benzene rings is 1. The number of hydrogen-bond acceptors (Lipinski definition) is 7. The lowest BCUT2D eigenvalue weighted by Crippen LogP contribution is -2.41. The molecule has 1 aliphatic rings. The van der Waals surface area contributed by atoms with Crippen LogP contribution in [0.4, 0.5) is 0 Å². The first-order chi connectivity index (χ1) is 18.9. The molecule has 5 rings (SSSR count). The number of carbonyl (C=O) groups is 3. The zero-order chi connectivity index (χ0) is 27.4. The molecule has 39 heavy (non-hydrogen) atoms. The van der Waals surface area contributed by atoms with Crippen molar-refractivity contribution in [3.8, 4) is 22.0 Å². The van der Waals surface area contributed by atoms with Gasteiger partial charge >= 0.3 is 5.97 Å². The second-order valence-corrected chi connectivity index (χ2v) is 11.6. The highest BCUT2D eigenvalue weighted by Crippen LogP contribution is 2.35. The van der Waals surface area contributed by atoms with Crippen LogP contribution in [0.5, 0.6) is 0 Å². The molecule has 1 aliphatic heterocycles. The van der Waals surface area contributed by atoms with E-state index in [1.807, 2.05) is 59.0 Å². The van der Waals surface area contributed by atoms with E-state index in [0.29, 0.717) is 49.5 Å². The molecule has 1 fully saturated rings. The predicted molar refractivity (Wildman–Crippen MR) is 153 cm³/mol. The molecule has 2 N–H and O–H groups in total. The zero-order valence-corrected chi connectivity index (χ0v) is 23.4. The summed E-state index contributed by atoms with van der Waals surface area (Å²) >= 11 is 2.84. The lowest BCUT2D eigenvalue weighted by molar-refractivity contribution is -0.144. The number of nitrogens with zero attached hydrogens (tertiary/aromatic N) is 2. The van der Waals surface area contributed by atoms with Crippen LogP contribution in [0.2, 0.25) is 0 Å². The molecular formula is C29H31N3O5S2. The largest absolute Gasteiger partial charge is 0.481 e. The number of aliphatic carboxylic acids is 1. The van der Waals surface area contributed by atoms with Gasteiger partial charge in [0.15, 0.2) is 5.76 Å². The van der Waals surface area contributed by atoms with E-state index in [1.165, 1.54) is 22.7 Å². The number of amides is 2. The fourth-order valence-corrected chi connectivity index (χ4v) is 6.93. The van der Waals surface area contributed by atoms with Crippen LogP contribution in [0.15, 0.2) is 51.6 Å². The zero-order valence-electron chi connectivity index (χ0n) is 21.7. The molecule has 1 saturated heterocycles. The van der Waals surface area contributed by atoms with Crippen molar-refractivity contribution in [2.75, 3.05) is 19.6 Å². The van der Waals surface area contributed by atoms with Gasteiger partial charge in [-0.3, -0.25) is 14.4 Å². The summed E-state index contributed by atoms with van der Waals surface area (Å²) in [5.41, 5.74) is 2.33. The van der Waals surface area contributed by atoms with Gasteiger partial charge in [0.1, 0.15) is 21.2 Å². The molecule has 4 aromatic rings. The van der Waals surface area contributed by atoms with E-state index in [2.05, 4.69) is 5.32 Å². The van der Waals surface area contributed by atoms with Crippen LogP contribution < -0.4 is 5.32 Å². The first-order valence-electron chi connectivity index (χ1n) is 13.3. The van der Waals surface area contributed by atoms with Crippen molar-refractivity contribution in [2.45, 2.75) is 39.0 Å². The molecule has 1 atom stereocenters. The lowest BCUT2D eigenvalue weighted by Gasteiger charge is -2.34. The van der Waals surface area contributed by atoms with Crippen molar-refractivity contribution in [1.29, 1.82) is 0 Å². The van der Waals surface area contributed by atoms with Gasteiger partial charge in [-0.05, 0) is 55.2 Å². The number of piperidine rings is 1. The Morgan fingerprint density at radius 1 is 1.18 bits per heavy atom. The molecule has 0 spiro atoms. The second-order valence-electron chi connectivity index (χ2n) is 9.78. The van der Waals surface area contributed by atoms with E-state index in [0.717, 1.165) is 40.1 Å². The maximum Gasteiger partial charge on any atom is 0.306 e. The number of thiazole rings is 1. The number of likely N-dealkylation sites (tertiary alicyclic amines) is 1. The molecule has 0 aliphatic carbocycles. The van der Waals surface area contributed by atoms with Crippen LogP contribution >= 0.6 is 22.7 Å². The molecule has 3 aromatic heterocycles. The first kappa shape index (κ1) is 27.1. The van der Waals surface area contributed by atoms with Gasteiger partial charge in [-0.15, -0.1) is 22.7 Å². The van der Waals surface area contributed by atoms with Gasteiger partial charge in [0.2, 0.25) is 5.91 Å². The summed E-state index contributed by atoms with van der Waals surface area (Å²) in [6.07, 6.45) is 2.97. The topological polar surface area (TPSA) is 113 Å². The number of furan rings is 1. The van der Waals surface area contributed by atoms with Crippen molar-refractivity contribution < 1.29 is 23.9 Å². The van der Waals surface area contributed by atoms with E-state index < -0.39 is 5.97 Å². The first-order valence-corrected chi connectivity index (χ1v) is 15.0. The molecule has 2 amide bonds. The average molecular weight is 566 g/mol. The van der Waals surface area contributed by atoms with Gasteiger partial charge in [0.25, 0.3) is 5.91 Å². The minimum Gasteiger partial charge on any atom is -0.481 e. The van der Waals surface area contributed by atoms with E-state index in [-0.39, 0.29) is 23.7 Å². The summed E-state index contributed by atoms with van der Waals surface area (Å²) in [5, 5.41) is 17.9. The predicted octanol–water partition coefficient (Wildman–Crippen LogP) is 6.14. The van der Waals surface area contributed by atoms with Gasteiger partial charge in [0, 0.05) is 42.4 Å². The summed E-state index contributed by atoms with van der Waals surface area (Å²) in [6, 6.07) is 11.7. The normalized spacial score (nSPS) is 14.9. The number of rotatable bonds is 10. The summed E-state index contributed by atoms with van der Waals surface area (Å²) in [5.74, 6) is -0.365. The summed E-state index contributed by atoms with van der Waals surface area (Å²) < 4.78 is 5.93. The second kappa shape index (κ2) is 12.1. The molecule has 0 radical (unpaired) electrons. The van der Waals surface area contributed by atoms with Crippen LogP contribution in [0.25, 0.3) is 33.0 Å². The van der Waals surface area contributed by atoms with E-state index in [9.17, 15) is 19.5 Å². The van der Waals surface area contributed by atoms with Crippen molar-refractivity contribution in [3.05, 3.63) is 52.0 Å². The molecule has 10 heteroatoms. The van der Waals surface area contributed by atoms with Crippen molar-refractivity contribution >= 4 is 51.4 Å². The highest BCUT2D eigenvalue weighted by Gasteiger charge is 2.31. The number of nitrogens with one attached hydrogen (secondary N) is 1.